The summed E-state index contributed by atoms with van der Waals surface area (Å²) >= 11 is 0.885. The molecule has 0 saturated carbocycles. The third-order valence-electron chi connectivity index (χ3n) is 5.82. The molecular weight excluding hydrogens is 573 g/mol. The molecule has 0 spiro atoms. The normalized spacial score (nSPS) is 12.1. The van der Waals surface area contributed by atoms with Gasteiger partial charge in [0.15, 0.2) is 23.3 Å². The number of amides is 2. The Labute approximate surface area is 233 Å². The van der Waals surface area contributed by atoms with E-state index in [0.717, 1.165) is 17.3 Å². The molecule has 212 valence electrons. The Morgan fingerprint density at radius 1 is 0.732 bits per heavy atom. The smallest absolute Gasteiger partial charge is 0.322 e. The standard InChI is InChI=1S/C29H19F7N2O2S/c1-15-7-9-17(10-8-15)27(39)37-18-11-13-19(14-12-18)41-26(16-5-3-2-4-6-16)28(40)38-25-23(32)21(30)20(29(34,35)36)22(31)24(25)33/h2-14,26H,1H3,(H,37,39)(H,38,40). The predicted molar refractivity (Wildman–Crippen MR) is 141 cm³/mol. The number of anilines is 2. The summed E-state index contributed by atoms with van der Waals surface area (Å²) in [6.45, 7) is 1.88. The molecule has 4 rings (SSSR count). The first-order chi connectivity index (χ1) is 19.4. The van der Waals surface area contributed by atoms with Gasteiger partial charge in [0, 0.05) is 16.1 Å². The molecule has 0 aliphatic heterocycles. The van der Waals surface area contributed by atoms with Gasteiger partial charge in [-0.15, -0.1) is 11.8 Å². The molecule has 12 heteroatoms. The second kappa shape index (κ2) is 12.0. The lowest BCUT2D eigenvalue weighted by molar-refractivity contribution is -0.143. The third kappa shape index (κ3) is 6.71. The van der Waals surface area contributed by atoms with Crippen molar-refractivity contribution in [2.45, 2.75) is 23.2 Å². The lowest BCUT2D eigenvalue weighted by atomic mass is 10.1. The average molecular weight is 593 g/mol. The van der Waals surface area contributed by atoms with E-state index in [1.807, 2.05) is 6.92 Å². The molecule has 1 atom stereocenters. The Bertz CT molecular complexity index is 1550. The van der Waals surface area contributed by atoms with Crippen molar-refractivity contribution in [3.05, 3.63) is 124 Å². The number of carbonyl (C=O) groups excluding carboxylic acids is 2. The molecule has 4 aromatic rings. The van der Waals surface area contributed by atoms with Gasteiger partial charge in [0.2, 0.25) is 5.91 Å². The summed E-state index contributed by atoms with van der Waals surface area (Å²) < 4.78 is 95.8. The van der Waals surface area contributed by atoms with Crippen molar-refractivity contribution in [1.29, 1.82) is 0 Å². The number of carbonyl (C=O) groups is 2. The Kier molecular flexibility index (Phi) is 8.72. The van der Waals surface area contributed by atoms with Crippen molar-refractivity contribution in [3.8, 4) is 0 Å². The summed E-state index contributed by atoms with van der Waals surface area (Å²) in [7, 11) is 0. The highest BCUT2D eigenvalue weighted by molar-refractivity contribution is 8.00. The number of nitrogens with one attached hydrogen (secondary N) is 2. The number of rotatable bonds is 7. The molecule has 1 unspecified atom stereocenters. The van der Waals surface area contributed by atoms with Gasteiger partial charge in [0.05, 0.1) is 0 Å². The fourth-order valence-electron chi connectivity index (χ4n) is 3.74. The first-order valence-corrected chi connectivity index (χ1v) is 12.7. The first kappa shape index (κ1) is 29.7. The molecule has 0 saturated heterocycles. The molecule has 2 N–H and O–H groups in total. The lowest BCUT2D eigenvalue weighted by Gasteiger charge is -2.19. The van der Waals surface area contributed by atoms with Gasteiger partial charge in [0.25, 0.3) is 5.91 Å². The van der Waals surface area contributed by atoms with Crippen LogP contribution in [0.1, 0.15) is 32.3 Å². The van der Waals surface area contributed by atoms with Crippen LogP contribution in [0.25, 0.3) is 0 Å². The molecule has 2 amide bonds. The largest absolute Gasteiger partial charge is 0.422 e. The summed E-state index contributed by atoms with van der Waals surface area (Å²) in [6.07, 6.45) is -5.72. The first-order valence-electron chi connectivity index (χ1n) is 11.8. The lowest BCUT2D eigenvalue weighted by Crippen LogP contribution is -2.23. The highest BCUT2D eigenvalue weighted by atomic mass is 32.2. The van der Waals surface area contributed by atoms with E-state index < -0.39 is 51.9 Å². The van der Waals surface area contributed by atoms with Gasteiger partial charge < -0.3 is 10.6 Å². The second-order valence-corrected chi connectivity index (χ2v) is 9.92. The number of thioether (sulfide) groups is 1. The zero-order chi connectivity index (χ0) is 29.9. The fourth-order valence-corrected chi connectivity index (χ4v) is 4.77. The van der Waals surface area contributed by atoms with Gasteiger partial charge in [-0.25, -0.2) is 17.6 Å². The quantitative estimate of drug-likeness (QED) is 0.129. The molecule has 0 radical (unpaired) electrons. The summed E-state index contributed by atoms with van der Waals surface area (Å²) in [5, 5.41) is 3.17. The van der Waals surface area contributed by atoms with Gasteiger partial charge in [-0.3, -0.25) is 9.59 Å². The van der Waals surface area contributed by atoms with Gasteiger partial charge in [-0.1, -0.05) is 48.0 Å². The minimum atomic E-state index is -5.72. The van der Waals surface area contributed by atoms with Crippen LogP contribution >= 0.6 is 11.8 Å². The molecule has 41 heavy (non-hydrogen) atoms. The van der Waals surface area contributed by atoms with Crippen molar-refractivity contribution in [1.82, 2.24) is 0 Å². The number of alkyl halides is 3. The van der Waals surface area contributed by atoms with E-state index in [2.05, 4.69) is 5.32 Å². The summed E-state index contributed by atoms with van der Waals surface area (Å²) in [5.74, 6) is -11.7. The molecule has 0 bridgehead atoms. The average Bonchev–Trinajstić information content (AvgIpc) is 2.94. The van der Waals surface area contributed by atoms with E-state index in [1.54, 1.807) is 72.0 Å². The van der Waals surface area contributed by atoms with E-state index in [4.69, 9.17) is 0 Å². The van der Waals surface area contributed by atoms with Crippen molar-refractivity contribution in [2.75, 3.05) is 10.6 Å². The van der Waals surface area contributed by atoms with Crippen LogP contribution in [0.5, 0.6) is 0 Å². The van der Waals surface area contributed by atoms with Gasteiger partial charge in [-0.2, -0.15) is 13.2 Å². The van der Waals surface area contributed by atoms with Gasteiger partial charge >= 0.3 is 6.18 Å². The van der Waals surface area contributed by atoms with Crippen molar-refractivity contribution >= 4 is 35.0 Å². The molecule has 4 aromatic carbocycles. The van der Waals surface area contributed by atoms with Crippen LogP contribution in [0.3, 0.4) is 0 Å². The van der Waals surface area contributed by atoms with Crippen LogP contribution in [0.2, 0.25) is 0 Å². The number of benzene rings is 4. The van der Waals surface area contributed by atoms with Crippen molar-refractivity contribution < 1.29 is 40.3 Å². The second-order valence-electron chi connectivity index (χ2n) is 8.75. The maximum Gasteiger partial charge on any atom is 0.422 e. The monoisotopic (exact) mass is 592 g/mol. The molecular formula is C29H19F7N2O2S. The van der Waals surface area contributed by atoms with Crippen LogP contribution in [-0.2, 0) is 11.0 Å². The SMILES string of the molecule is Cc1ccc(C(=O)Nc2ccc(SC(C(=O)Nc3c(F)c(F)c(C(F)(F)F)c(F)c3F)c3ccccc3)cc2)cc1. The molecule has 0 aliphatic rings. The maximum atomic E-state index is 14.4. The van der Waals surface area contributed by atoms with Crippen LogP contribution in [0, 0.1) is 30.2 Å². The summed E-state index contributed by atoms with van der Waals surface area (Å²) in [6, 6.07) is 20.9. The van der Waals surface area contributed by atoms with E-state index in [0.29, 0.717) is 21.7 Å². The Morgan fingerprint density at radius 3 is 1.83 bits per heavy atom. The fraction of sp³-hybridized carbons (Fsp3) is 0.103. The molecule has 0 aromatic heterocycles. The third-order valence-corrected chi connectivity index (χ3v) is 7.08. The van der Waals surface area contributed by atoms with Crippen LogP contribution < -0.4 is 10.6 Å². The van der Waals surface area contributed by atoms with Crippen molar-refractivity contribution in [3.63, 3.8) is 0 Å². The van der Waals surface area contributed by atoms with E-state index in [1.165, 1.54) is 12.1 Å². The number of aryl methyl sites for hydroxylation is 1. The zero-order valence-electron chi connectivity index (χ0n) is 21.0. The number of halogens is 7. The topological polar surface area (TPSA) is 58.2 Å². The highest BCUT2D eigenvalue weighted by Gasteiger charge is 2.42. The van der Waals surface area contributed by atoms with Crippen LogP contribution in [0.4, 0.5) is 42.1 Å². The highest BCUT2D eigenvalue weighted by Crippen LogP contribution is 2.40. The van der Waals surface area contributed by atoms with Crippen LogP contribution in [0.15, 0.2) is 83.8 Å². The Balaban J connectivity index is 1.58. The summed E-state index contributed by atoms with van der Waals surface area (Å²) in [4.78, 5) is 26.1. The minimum Gasteiger partial charge on any atom is -0.322 e. The van der Waals surface area contributed by atoms with Crippen molar-refractivity contribution in [2.24, 2.45) is 0 Å². The van der Waals surface area contributed by atoms with E-state index in [9.17, 15) is 40.3 Å². The Hall–Kier alpha value is -4.32. The minimum absolute atomic E-state index is 0.320. The van der Waals surface area contributed by atoms with Crippen LogP contribution in [-0.4, -0.2) is 11.8 Å². The molecule has 0 fully saturated rings. The molecule has 4 nitrogen and oxygen atoms in total. The number of hydrogen-bond acceptors (Lipinski definition) is 3. The maximum absolute atomic E-state index is 14.4. The van der Waals surface area contributed by atoms with Gasteiger partial charge in [-0.05, 0) is 48.9 Å². The molecule has 0 heterocycles. The van der Waals surface area contributed by atoms with E-state index in [-0.39, 0.29) is 5.91 Å². The van der Waals surface area contributed by atoms with Gasteiger partial charge in [0.1, 0.15) is 16.5 Å². The predicted octanol–water partition coefficient (Wildman–Crippen LogP) is 8.29. The summed E-state index contributed by atoms with van der Waals surface area (Å²) in [5.41, 5.74) is -2.26. The van der Waals surface area contributed by atoms with E-state index >= 15 is 0 Å². The molecule has 0 aliphatic carbocycles. The Morgan fingerprint density at radius 2 is 1.29 bits per heavy atom. The zero-order valence-corrected chi connectivity index (χ0v) is 21.8. The number of hydrogen-bond donors (Lipinski definition) is 2.